The highest BCUT2D eigenvalue weighted by atomic mass is 79.9. The van der Waals surface area contributed by atoms with E-state index >= 15 is 0 Å². The Kier molecular flexibility index (Phi) is 7.42. The molecular weight excluding hydrogens is 454 g/mol. The monoisotopic (exact) mass is 485 g/mol. The number of fused-ring (bicyclic) bond motifs is 1. The third kappa shape index (κ3) is 6.33. The van der Waals surface area contributed by atoms with Crippen LogP contribution in [0.4, 0.5) is 5.82 Å². The highest BCUT2D eigenvalue weighted by Gasteiger charge is 2.22. The van der Waals surface area contributed by atoms with Crippen molar-refractivity contribution in [2.75, 3.05) is 19.0 Å². The largest absolute Gasteiger partial charge is 0.493 e. The minimum absolute atomic E-state index is 0.0758. The van der Waals surface area contributed by atoms with Crippen molar-refractivity contribution in [1.82, 2.24) is 9.97 Å². The molecule has 5 nitrogen and oxygen atoms in total. The molecule has 1 heterocycles. The number of aromatic nitrogens is 2. The molecule has 0 amide bonds. The molecule has 166 valence electrons. The zero-order valence-corrected chi connectivity index (χ0v) is 20.8. The Balaban J connectivity index is 1.88. The van der Waals surface area contributed by atoms with Crippen molar-refractivity contribution in [2.24, 2.45) is 11.3 Å². The Hall–Kier alpha value is -2.34. The zero-order chi connectivity index (χ0) is 22.6. The Bertz CT molecular complexity index is 1050. The summed E-state index contributed by atoms with van der Waals surface area (Å²) in [5.74, 6) is 3.51. The second kappa shape index (κ2) is 9.86. The second-order valence-electron chi connectivity index (χ2n) is 9.17. The van der Waals surface area contributed by atoms with Crippen LogP contribution < -0.4 is 14.8 Å². The van der Waals surface area contributed by atoms with E-state index in [4.69, 9.17) is 9.47 Å². The molecule has 1 N–H and O–H groups in total. The molecule has 31 heavy (non-hydrogen) atoms. The van der Waals surface area contributed by atoms with E-state index in [1.807, 2.05) is 31.2 Å². The van der Waals surface area contributed by atoms with Gasteiger partial charge in [-0.15, -0.1) is 0 Å². The quantitative estimate of drug-likeness (QED) is 0.362. The molecule has 0 fully saturated rings. The number of hydrogen-bond acceptors (Lipinski definition) is 5. The van der Waals surface area contributed by atoms with Crippen LogP contribution in [0.1, 0.15) is 45.5 Å². The number of rotatable bonds is 9. The zero-order valence-electron chi connectivity index (χ0n) is 19.3. The van der Waals surface area contributed by atoms with Crippen LogP contribution in [0, 0.1) is 18.3 Å². The lowest BCUT2D eigenvalue weighted by Gasteiger charge is -2.27. The van der Waals surface area contributed by atoms with E-state index in [2.05, 4.69) is 71.0 Å². The molecule has 1 aromatic heterocycles. The Morgan fingerprint density at radius 1 is 1.10 bits per heavy atom. The maximum Gasteiger partial charge on any atom is 0.163 e. The summed E-state index contributed by atoms with van der Waals surface area (Å²) in [4.78, 5) is 9.27. The molecule has 0 bridgehead atoms. The predicted octanol–water partition coefficient (Wildman–Crippen LogP) is 6.77. The van der Waals surface area contributed by atoms with Gasteiger partial charge in [-0.1, -0.05) is 55.8 Å². The molecule has 0 aliphatic heterocycles. The second-order valence-corrected chi connectivity index (χ2v) is 10.1. The summed E-state index contributed by atoms with van der Waals surface area (Å²) in [7, 11) is 1.66. The van der Waals surface area contributed by atoms with Gasteiger partial charge in [0, 0.05) is 22.5 Å². The van der Waals surface area contributed by atoms with Crippen LogP contribution in [-0.2, 0) is 6.54 Å². The number of benzene rings is 2. The standard InChI is InChI=1S/C25H32BrN3O2/c1-16(2)13-25(4,5)15-31-23-12-21-20(11-22(23)30-6)24(29-17(3)28-21)27-14-18-8-7-9-19(26)10-18/h7-12,16H,13-15H2,1-6H3,(H,27,28,29). The molecule has 0 aliphatic rings. The summed E-state index contributed by atoms with van der Waals surface area (Å²) < 4.78 is 12.9. The predicted molar refractivity (Wildman–Crippen MR) is 131 cm³/mol. The Morgan fingerprint density at radius 3 is 2.55 bits per heavy atom. The molecule has 2 aromatic carbocycles. The van der Waals surface area contributed by atoms with Gasteiger partial charge in [-0.25, -0.2) is 9.97 Å². The van der Waals surface area contributed by atoms with Crippen molar-refractivity contribution in [3.8, 4) is 11.5 Å². The highest BCUT2D eigenvalue weighted by molar-refractivity contribution is 9.10. The van der Waals surface area contributed by atoms with E-state index in [1.165, 1.54) is 0 Å². The third-order valence-corrected chi connectivity index (χ3v) is 5.51. The molecule has 0 unspecified atom stereocenters. The molecule has 3 rings (SSSR count). The summed E-state index contributed by atoms with van der Waals surface area (Å²) in [6.45, 7) is 12.1. The summed E-state index contributed by atoms with van der Waals surface area (Å²) in [5, 5.41) is 4.36. The minimum Gasteiger partial charge on any atom is -0.493 e. The normalized spacial score (nSPS) is 11.7. The topological polar surface area (TPSA) is 56.3 Å². The smallest absolute Gasteiger partial charge is 0.163 e. The Labute approximate surface area is 193 Å². The summed E-state index contributed by atoms with van der Waals surface area (Å²) >= 11 is 3.52. The van der Waals surface area contributed by atoms with Crippen molar-refractivity contribution in [2.45, 2.75) is 47.6 Å². The maximum absolute atomic E-state index is 6.21. The first kappa shape index (κ1) is 23.3. The van der Waals surface area contributed by atoms with Gasteiger partial charge in [0.15, 0.2) is 11.5 Å². The van der Waals surface area contributed by atoms with Gasteiger partial charge in [0.25, 0.3) is 0 Å². The van der Waals surface area contributed by atoms with Crippen LogP contribution in [0.5, 0.6) is 11.5 Å². The molecule has 0 atom stereocenters. The first-order valence-corrected chi connectivity index (χ1v) is 11.4. The first-order chi connectivity index (χ1) is 14.7. The fourth-order valence-electron chi connectivity index (χ4n) is 3.93. The molecule has 0 radical (unpaired) electrons. The van der Waals surface area contributed by atoms with Crippen molar-refractivity contribution in [1.29, 1.82) is 0 Å². The lowest BCUT2D eigenvalue weighted by atomic mass is 9.85. The average molecular weight is 486 g/mol. The van der Waals surface area contributed by atoms with Gasteiger partial charge in [-0.3, -0.25) is 0 Å². The molecule has 6 heteroatoms. The maximum atomic E-state index is 6.21. The van der Waals surface area contributed by atoms with Crippen LogP contribution >= 0.6 is 15.9 Å². The van der Waals surface area contributed by atoms with Gasteiger partial charge in [0.05, 0.1) is 19.2 Å². The number of hydrogen-bond donors (Lipinski definition) is 1. The number of methoxy groups -OCH3 is 1. The van der Waals surface area contributed by atoms with Gasteiger partial charge in [-0.2, -0.15) is 0 Å². The highest BCUT2D eigenvalue weighted by Crippen LogP contribution is 2.36. The van der Waals surface area contributed by atoms with Crippen LogP contribution in [0.15, 0.2) is 40.9 Å². The van der Waals surface area contributed by atoms with E-state index in [0.29, 0.717) is 36.4 Å². The number of nitrogens with one attached hydrogen (secondary N) is 1. The SMILES string of the molecule is COc1cc2c(NCc3cccc(Br)c3)nc(C)nc2cc1OCC(C)(C)CC(C)C. The minimum atomic E-state index is 0.0758. The van der Waals surface area contributed by atoms with Crippen LogP contribution in [0.2, 0.25) is 0 Å². The van der Waals surface area contributed by atoms with Crippen LogP contribution in [-0.4, -0.2) is 23.7 Å². The van der Waals surface area contributed by atoms with Crippen molar-refractivity contribution in [3.63, 3.8) is 0 Å². The van der Waals surface area contributed by atoms with Crippen molar-refractivity contribution >= 4 is 32.7 Å². The number of nitrogens with zero attached hydrogens (tertiary/aromatic N) is 2. The molecule has 0 spiro atoms. The number of halogens is 1. The van der Waals surface area contributed by atoms with Gasteiger partial charge in [-0.05, 0) is 48.4 Å². The summed E-state index contributed by atoms with van der Waals surface area (Å²) in [6.07, 6.45) is 1.09. The van der Waals surface area contributed by atoms with Gasteiger partial charge in [0.2, 0.25) is 0 Å². The fourth-order valence-corrected chi connectivity index (χ4v) is 4.38. The fraction of sp³-hybridized carbons (Fsp3) is 0.440. The van der Waals surface area contributed by atoms with E-state index in [0.717, 1.165) is 33.2 Å². The van der Waals surface area contributed by atoms with Gasteiger partial charge in [0.1, 0.15) is 11.6 Å². The molecule has 0 aliphatic carbocycles. The third-order valence-electron chi connectivity index (χ3n) is 5.02. The van der Waals surface area contributed by atoms with E-state index in [-0.39, 0.29) is 5.41 Å². The number of ether oxygens (including phenoxy) is 2. The molecular formula is C25H32BrN3O2. The lowest BCUT2D eigenvalue weighted by molar-refractivity contribution is 0.150. The van der Waals surface area contributed by atoms with E-state index in [9.17, 15) is 0 Å². The van der Waals surface area contributed by atoms with Crippen molar-refractivity contribution < 1.29 is 9.47 Å². The average Bonchev–Trinajstić information content (AvgIpc) is 2.69. The molecule has 0 saturated heterocycles. The van der Waals surface area contributed by atoms with Gasteiger partial charge >= 0.3 is 0 Å². The molecule has 0 saturated carbocycles. The van der Waals surface area contributed by atoms with Gasteiger partial charge < -0.3 is 14.8 Å². The van der Waals surface area contributed by atoms with Crippen molar-refractivity contribution in [3.05, 3.63) is 52.3 Å². The van der Waals surface area contributed by atoms with E-state index in [1.54, 1.807) is 7.11 Å². The summed E-state index contributed by atoms with van der Waals surface area (Å²) in [6, 6.07) is 12.1. The van der Waals surface area contributed by atoms with E-state index < -0.39 is 0 Å². The van der Waals surface area contributed by atoms with Crippen LogP contribution in [0.25, 0.3) is 10.9 Å². The van der Waals surface area contributed by atoms with Crippen LogP contribution in [0.3, 0.4) is 0 Å². The Morgan fingerprint density at radius 2 is 1.87 bits per heavy atom. The summed E-state index contributed by atoms with van der Waals surface area (Å²) in [5.41, 5.74) is 2.08. The first-order valence-electron chi connectivity index (χ1n) is 10.6. The number of anilines is 1. The lowest BCUT2D eigenvalue weighted by Crippen LogP contribution is -2.23. The number of aryl methyl sites for hydroxylation is 1. The molecule has 3 aromatic rings.